The van der Waals surface area contributed by atoms with Crippen LogP contribution in [0.15, 0.2) is 18.2 Å². The van der Waals surface area contributed by atoms with Gasteiger partial charge in [-0.25, -0.2) is 4.39 Å². The van der Waals surface area contributed by atoms with E-state index in [9.17, 15) is 4.39 Å². The van der Waals surface area contributed by atoms with Gasteiger partial charge in [-0.2, -0.15) is 0 Å². The SMILES string of the molecule is CCC(CC)N(C)c1c(F)cccc1CNC1CC1. The van der Waals surface area contributed by atoms with E-state index in [0.717, 1.165) is 30.6 Å². The molecule has 1 saturated carbocycles. The van der Waals surface area contributed by atoms with E-state index in [1.807, 2.05) is 19.2 Å². The quantitative estimate of drug-likeness (QED) is 0.807. The van der Waals surface area contributed by atoms with E-state index in [4.69, 9.17) is 0 Å². The van der Waals surface area contributed by atoms with Crippen molar-refractivity contribution in [2.75, 3.05) is 11.9 Å². The fourth-order valence-corrected chi connectivity index (χ4v) is 2.66. The largest absolute Gasteiger partial charge is 0.369 e. The summed E-state index contributed by atoms with van der Waals surface area (Å²) in [6, 6.07) is 6.46. The minimum absolute atomic E-state index is 0.107. The van der Waals surface area contributed by atoms with Crippen molar-refractivity contribution in [1.29, 1.82) is 0 Å². The molecule has 106 valence electrons. The van der Waals surface area contributed by atoms with Crippen LogP contribution in [-0.2, 0) is 6.54 Å². The second kappa shape index (κ2) is 6.38. The van der Waals surface area contributed by atoms with Gasteiger partial charge in [0.15, 0.2) is 0 Å². The van der Waals surface area contributed by atoms with Crippen molar-refractivity contribution in [3.05, 3.63) is 29.6 Å². The maximum absolute atomic E-state index is 14.2. The molecule has 2 nitrogen and oxygen atoms in total. The summed E-state index contributed by atoms with van der Waals surface area (Å²) in [5.74, 6) is -0.107. The van der Waals surface area contributed by atoms with Crippen LogP contribution >= 0.6 is 0 Å². The third kappa shape index (κ3) is 3.47. The minimum atomic E-state index is -0.107. The van der Waals surface area contributed by atoms with E-state index in [2.05, 4.69) is 24.1 Å². The number of nitrogens with zero attached hydrogens (tertiary/aromatic N) is 1. The minimum Gasteiger partial charge on any atom is -0.369 e. The average molecular weight is 264 g/mol. The van der Waals surface area contributed by atoms with Gasteiger partial charge < -0.3 is 10.2 Å². The molecule has 19 heavy (non-hydrogen) atoms. The molecule has 1 fully saturated rings. The van der Waals surface area contributed by atoms with Crippen molar-refractivity contribution in [1.82, 2.24) is 5.32 Å². The van der Waals surface area contributed by atoms with Crippen LogP contribution in [0.4, 0.5) is 10.1 Å². The molecule has 0 aromatic heterocycles. The molecule has 1 aliphatic rings. The molecule has 1 N–H and O–H groups in total. The second-order valence-electron chi connectivity index (χ2n) is 5.48. The summed E-state index contributed by atoms with van der Waals surface area (Å²) >= 11 is 0. The van der Waals surface area contributed by atoms with Crippen LogP contribution in [0.1, 0.15) is 45.1 Å². The summed E-state index contributed by atoms with van der Waals surface area (Å²) < 4.78 is 14.2. The van der Waals surface area contributed by atoms with Crippen LogP contribution in [-0.4, -0.2) is 19.1 Å². The van der Waals surface area contributed by atoms with Gasteiger partial charge in [-0.15, -0.1) is 0 Å². The Labute approximate surface area is 116 Å². The average Bonchev–Trinajstić information content (AvgIpc) is 3.21. The van der Waals surface area contributed by atoms with Gasteiger partial charge in [0.25, 0.3) is 0 Å². The maximum atomic E-state index is 14.2. The highest BCUT2D eigenvalue weighted by Crippen LogP contribution is 2.28. The molecule has 1 aromatic rings. The Morgan fingerprint density at radius 1 is 1.32 bits per heavy atom. The molecule has 2 rings (SSSR count). The fourth-order valence-electron chi connectivity index (χ4n) is 2.66. The van der Waals surface area contributed by atoms with E-state index in [1.54, 1.807) is 6.07 Å². The molecule has 1 aliphatic carbocycles. The lowest BCUT2D eigenvalue weighted by Crippen LogP contribution is -2.32. The Morgan fingerprint density at radius 2 is 2.00 bits per heavy atom. The van der Waals surface area contributed by atoms with Crippen molar-refractivity contribution < 1.29 is 4.39 Å². The first-order valence-electron chi connectivity index (χ1n) is 7.41. The van der Waals surface area contributed by atoms with Crippen LogP contribution in [0, 0.1) is 5.82 Å². The predicted molar refractivity (Wildman–Crippen MR) is 79.0 cm³/mol. The molecular formula is C16H25FN2. The second-order valence-corrected chi connectivity index (χ2v) is 5.48. The standard InChI is InChI=1S/C16H25FN2/c1-4-14(5-2)19(3)16-12(7-6-8-15(16)17)11-18-13-9-10-13/h6-8,13-14,18H,4-5,9-11H2,1-3H3. The van der Waals surface area contributed by atoms with Crippen LogP contribution in [0.25, 0.3) is 0 Å². The van der Waals surface area contributed by atoms with E-state index in [0.29, 0.717) is 12.1 Å². The van der Waals surface area contributed by atoms with E-state index in [-0.39, 0.29) is 5.82 Å². The molecule has 3 heteroatoms. The summed E-state index contributed by atoms with van der Waals surface area (Å²) in [5, 5.41) is 3.48. The topological polar surface area (TPSA) is 15.3 Å². The highest BCUT2D eigenvalue weighted by Gasteiger charge is 2.22. The number of halogens is 1. The number of anilines is 1. The smallest absolute Gasteiger partial charge is 0.146 e. The van der Waals surface area contributed by atoms with Crippen molar-refractivity contribution in [2.24, 2.45) is 0 Å². The number of para-hydroxylation sites is 1. The number of rotatable bonds is 7. The summed E-state index contributed by atoms with van der Waals surface area (Å²) in [7, 11) is 2.01. The zero-order valence-electron chi connectivity index (χ0n) is 12.2. The molecule has 0 atom stereocenters. The summed E-state index contributed by atoms with van der Waals surface area (Å²) in [6.45, 7) is 5.09. The fraction of sp³-hybridized carbons (Fsp3) is 0.625. The van der Waals surface area contributed by atoms with Crippen LogP contribution < -0.4 is 10.2 Å². The molecular weight excluding hydrogens is 239 g/mol. The highest BCUT2D eigenvalue weighted by molar-refractivity contribution is 5.55. The number of benzene rings is 1. The van der Waals surface area contributed by atoms with E-state index < -0.39 is 0 Å². The van der Waals surface area contributed by atoms with Crippen molar-refractivity contribution in [2.45, 2.75) is 58.2 Å². The van der Waals surface area contributed by atoms with Gasteiger partial charge in [0.2, 0.25) is 0 Å². The van der Waals surface area contributed by atoms with Gasteiger partial charge in [-0.1, -0.05) is 26.0 Å². The summed E-state index contributed by atoms with van der Waals surface area (Å²) in [5.41, 5.74) is 1.84. The molecule has 0 bridgehead atoms. The Kier molecular flexibility index (Phi) is 4.81. The van der Waals surface area contributed by atoms with Crippen molar-refractivity contribution in [3.63, 3.8) is 0 Å². The molecule has 0 radical (unpaired) electrons. The third-order valence-corrected chi connectivity index (χ3v) is 4.07. The predicted octanol–water partition coefficient (Wildman–Crippen LogP) is 3.70. The van der Waals surface area contributed by atoms with Crippen molar-refractivity contribution in [3.8, 4) is 0 Å². The number of nitrogens with one attached hydrogen (secondary N) is 1. The van der Waals surface area contributed by atoms with Gasteiger partial charge in [-0.3, -0.25) is 0 Å². The first-order valence-corrected chi connectivity index (χ1v) is 7.41. The lowest BCUT2D eigenvalue weighted by molar-refractivity contribution is 0.560. The summed E-state index contributed by atoms with van der Waals surface area (Å²) in [4.78, 5) is 2.11. The Morgan fingerprint density at radius 3 is 2.58 bits per heavy atom. The molecule has 0 heterocycles. The maximum Gasteiger partial charge on any atom is 0.146 e. The lowest BCUT2D eigenvalue weighted by Gasteiger charge is -2.30. The van der Waals surface area contributed by atoms with Gasteiger partial charge in [0.1, 0.15) is 5.82 Å². The Bertz CT molecular complexity index is 411. The molecule has 0 amide bonds. The Hall–Kier alpha value is -1.09. The van der Waals surface area contributed by atoms with Gasteiger partial charge >= 0.3 is 0 Å². The monoisotopic (exact) mass is 264 g/mol. The molecule has 0 unspecified atom stereocenters. The summed E-state index contributed by atoms with van der Waals surface area (Å²) in [6.07, 6.45) is 4.59. The van der Waals surface area contributed by atoms with E-state index in [1.165, 1.54) is 12.8 Å². The van der Waals surface area contributed by atoms with Crippen LogP contribution in [0.2, 0.25) is 0 Å². The number of hydrogen-bond acceptors (Lipinski definition) is 2. The lowest BCUT2D eigenvalue weighted by atomic mass is 10.1. The molecule has 0 saturated heterocycles. The number of hydrogen-bond donors (Lipinski definition) is 1. The highest BCUT2D eigenvalue weighted by atomic mass is 19.1. The normalized spacial score (nSPS) is 15.0. The van der Waals surface area contributed by atoms with Crippen molar-refractivity contribution >= 4 is 5.69 Å². The zero-order chi connectivity index (χ0) is 13.8. The van der Waals surface area contributed by atoms with Crippen LogP contribution in [0.3, 0.4) is 0 Å². The Balaban J connectivity index is 2.19. The van der Waals surface area contributed by atoms with Crippen LogP contribution in [0.5, 0.6) is 0 Å². The third-order valence-electron chi connectivity index (χ3n) is 4.07. The molecule has 1 aromatic carbocycles. The zero-order valence-corrected chi connectivity index (χ0v) is 12.2. The van der Waals surface area contributed by atoms with Gasteiger partial charge in [0.05, 0.1) is 5.69 Å². The first kappa shape index (κ1) is 14.3. The van der Waals surface area contributed by atoms with Gasteiger partial charge in [0, 0.05) is 25.7 Å². The van der Waals surface area contributed by atoms with Gasteiger partial charge in [-0.05, 0) is 37.3 Å². The first-order chi connectivity index (χ1) is 9.17. The molecule has 0 aliphatic heterocycles. The molecule has 0 spiro atoms. The van der Waals surface area contributed by atoms with E-state index >= 15 is 0 Å².